The summed E-state index contributed by atoms with van der Waals surface area (Å²) in [7, 11) is 1.78. The van der Waals surface area contributed by atoms with Crippen LogP contribution in [0, 0.1) is 11.3 Å². The van der Waals surface area contributed by atoms with E-state index in [4.69, 9.17) is 15.4 Å². The van der Waals surface area contributed by atoms with Gasteiger partial charge in [-0.05, 0) is 36.9 Å². The van der Waals surface area contributed by atoms with Crippen molar-refractivity contribution >= 4 is 21.8 Å². The van der Waals surface area contributed by atoms with Gasteiger partial charge in [0.15, 0.2) is 0 Å². The maximum absolute atomic E-state index is 11.8. The highest BCUT2D eigenvalue weighted by Gasteiger charge is 2.24. The predicted molar refractivity (Wildman–Crippen MR) is 81.0 cm³/mol. The van der Waals surface area contributed by atoms with E-state index in [1.54, 1.807) is 24.1 Å². The smallest absolute Gasteiger partial charge is 0.239 e. The Labute approximate surface area is 131 Å². The van der Waals surface area contributed by atoms with Crippen molar-refractivity contribution in [2.75, 3.05) is 7.05 Å². The minimum Gasteiger partial charge on any atom is -0.449 e. The van der Waals surface area contributed by atoms with Gasteiger partial charge in [0.05, 0.1) is 6.54 Å². The van der Waals surface area contributed by atoms with E-state index >= 15 is 0 Å². The normalized spacial score (nSPS) is 12.1. The Hall–Kier alpha value is -2.10. The molecule has 0 spiro atoms. The molecule has 0 bridgehead atoms. The van der Waals surface area contributed by atoms with E-state index < -0.39 is 11.9 Å². The van der Waals surface area contributed by atoms with E-state index in [9.17, 15) is 4.79 Å². The van der Waals surface area contributed by atoms with Crippen LogP contribution in [0.3, 0.4) is 0 Å². The lowest BCUT2D eigenvalue weighted by Crippen LogP contribution is -2.34. The molecule has 0 unspecified atom stereocenters. The number of nitrogens with zero attached hydrogens (tertiary/aromatic N) is 2. The van der Waals surface area contributed by atoms with Gasteiger partial charge in [-0.2, -0.15) is 5.26 Å². The zero-order valence-corrected chi connectivity index (χ0v) is 13.0. The van der Waals surface area contributed by atoms with Crippen LogP contribution in [0.1, 0.15) is 23.1 Å². The highest BCUT2D eigenvalue weighted by molar-refractivity contribution is 9.10. The van der Waals surface area contributed by atoms with Crippen molar-refractivity contribution in [2.45, 2.75) is 12.6 Å². The molecule has 0 saturated heterocycles. The number of rotatable bonds is 5. The van der Waals surface area contributed by atoms with E-state index in [-0.39, 0.29) is 5.76 Å². The lowest BCUT2D eigenvalue weighted by atomic mass is 10.1. The Morgan fingerprint density at radius 3 is 2.81 bits per heavy atom. The minimum atomic E-state index is -0.571. The maximum Gasteiger partial charge on any atom is 0.239 e. The molecular weight excluding hydrogens is 334 g/mol. The Morgan fingerprint density at radius 2 is 2.24 bits per heavy atom. The van der Waals surface area contributed by atoms with Gasteiger partial charge in [0, 0.05) is 4.47 Å². The van der Waals surface area contributed by atoms with E-state index in [1.807, 2.05) is 30.3 Å². The molecule has 0 radical (unpaired) electrons. The number of carbonyl (C=O) groups is 1. The van der Waals surface area contributed by atoms with Crippen LogP contribution in [-0.2, 0) is 11.3 Å². The molecule has 1 aromatic heterocycles. The summed E-state index contributed by atoms with van der Waals surface area (Å²) >= 11 is 3.38. The van der Waals surface area contributed by atoms with Gasteiger partial charge in [0.1, 0.15) is 17.9 Å². The van der Waals surface area contributed by atoms with E-state index in [2.05, 4.69) is 15.9 Å². The zero-order valence-electron chi connectivity index (χ0n) is 11.4. The number of nitriles is 1. The van der Waals surface area contributed by atoms with Gasteiger partial charge < -0.3 is 10.2 Å². The SMILES string of the molecule is CN(Cc1ccc(C#N)o1)[C@H](C(N)=O)c1cccc(Br)c1. The molecule has 0 aliphatic carbocycles. The summed E-state index contributed by atoms with van der Waals surface area (Å²) in [5.74, 6) is 0.412. The summed E-state index contributed by atoms with van der Waals surface area (Å²) < 4.78 is 6.21. The van der Waals surface area contributed by atoms with E-state index in [0.717, 1.165) is 10.0 Å². The third kappa shape index (κ3) is 3.72. The van der Waals surface area contributed by atoms with Crippen molar-refractivity contribution in [3.8, 4) is 6.07 Å². The molecular formula is C15H14BrN3O2. The molecule has 0 aliphatic heterocycles. The second-order valence-electron chi connectivity index (χ2n) is 4.65. The second-order valence-corrected chi connectivity index (χ2v) is 5.57. The number of primary amides is 1. The zero-order chi connectivity index (χ0) is 15.4. The Bertz CT molecular complexity index is 690. The summed E-state index contributed by atoms with van der Waals surface area (Å²) in [4.78, 5) is 13.6. The Balaban J connectivity index is 2.22. The van der Waals surface area contributed by atoms with Gasteiger partial charge in [-0.15, -0.1) is 0 Å². The number of furan rings is 1. The van der Waals surface area contributed by atoms with Gasteiger partial charge in [-0.3, -0.25) is 9.69 Å². The number of hydrogen-bond acceptors (Lipinski definition) is 4. The highest BCUT2D eigenvalue weighted by Crippen LogP contribution is 2.24. The number of halogens is 1. The number of benzene rings is 1. The van der Waals surface area contributed by atoms with Crippen LogP contribution < -0.4 is 5.73 Å². The van der Waals surface area contributed by atoms with Crippen LogP contribution in [0.2, 0.25) is 0 Å². The number of likely N-dealkylation sites (N-methyl/N-ethyl adjacent to an activating group) is 1. The summed E-state index contributed by atoms with van der Waals surface area (Å²) in [6.45, 7) is 0.377. The largest absolute Gasteiger partial charge is 0.449 e. The van der Waals surface area contributed by atoms with Crippen LogP contribution in [0.15, 0.2) is 45.3 Å². The Morgan fingerprint density at radius 1 is 1.48 bits per heavy atom. The van der Waals surface area contributed by atoms with Crippen molar-refractivity contribution in [3.05, 3.63) is 58.0 Å². The lowest BCUT2D eigenvalue weighted by molar-refractivity contribution is -0.123. The molecule has 0 aliphatic rings. The molecule has 0 fully saturated rings. The van der Waals surface area contributed by atoms with Crippen molar-refractivity contribution in [3.63, 3.8) is 0 Å². The monoisotopic (exact) mass is 347 g/mol. The molecule has 1 heterocycles. The van der Waals surface area contributed by atoms with Crippen LogP contribution in [0.25, 0.3) is 0 Å². The number of carbonyl (C=O) groups excluding carboxylic acids is 1. The molecule has 2 aromatic rings. The molecule has 6 heteroatoms. The van der Waals surface area contributed by atoms with Gasteiger partial charge >= 0.3 is 0 Å². The van der Waals surface area contributed by atoms with Crippen LogP contribution in [0.5, 0.6) is 0 Å². The topological polar surface area (TPSA) is 83.3 Å². The number of amides is 1. The molecule has 21 heavy (non-hydrogen) atoms. The average Bonchev–Trinajstić information content (AvgIpc) is 2.86. The summed E-state index contributed by atoms with van der Waals surface area (Å²) in [6.07, 6.45) is 0. The first-order chi connectivity index (χ1) is 10.0. The Kier molecular flexibility index (Phi) is 4.78. The molecule has 1 atom stereocenters. The summed E-state index contributed by atoms with van der Waals surface area (Å²) in [5.41, 5.74) is 6.32. The van der Waals surface area contributed by atoms with Gasteiger partial charge in [-0.25, -0.2) is 0 Å². The molecule has 5 nitrogen and oxygen atoms in total. The van der Waals surface area contributed by atoms with Crippen LogP contribution >= 0.6 is 15.9 Å². The summed E-state index contributed by atoms with van der Waals surface area (Å²) in [6, 6.07) is 12.1. The maximum atomic E-state index is 11.8. The third-order valence-electron chi connectivity index (χ3n) is 3.05. The molecule has 1 amide bonds. The fraction of sp³-hybridized carbons (Fsp3) is 0.200. The van der Waals surface area contributed by atoms with Crippen molar-refractivity contribution in [1.29, 1.82) is 5.26 Å². The molecule has 0 saturated carbocycles. The average molecular weight is 348 g/mol. The highest BCUT2D eigenvalue weighted by atomic mass is 79.9. The first-order valence-corrected chi connectivity index (χ1v) is 7.04. The molecule has 2 N–H and O–H groups in total. The number of hydrogen-bond donors (Lipinski definition) is 1. The van der Waals surface area contributed by atoms with Crippen molar-refractivity contribution < 1.29 is 9.21 Å². The standard InChI is InChI=1S/C15H14BrN3O2/c1-19(9-13-6-5-12(8-17)21-13)14(15(18)20)10-3-2-4-11(16)7-10/h2-7,14H,9H2,1H3,(H2,18,20)/t14-/m0/s1. The van der Waals surface area contributed by atoms with E-state index in [1.165, 1.54) is 0 Å². The third-order valence-corrected chi connectivity index (χ3v) is 3.55. The van der Waals surface area contributed by atoms with Gasteiger partial charge in [-0.1, -0.05) is 28.1 Å². The summed E-state index contributed by atoms with van der Waals surface area (Å²) in [5, 5.41) is 8.75. The molecule has 108 valence electrons. The first-order valence-electron chi connectivity index (χ1n) is 6.25. The molecule has 2 rings (SSSR count). The van der Waals surface area contributed by atoms with Crippen molar-refractivity contribution in [1.82, 2.24) is 4.90 Å². The predicted octanol–water partition coefficient (Wildman–Crippen LogP) is 2.57. The van der Waals surface area contributed by atoms with Crippen molar-refractivity contribution in [2.24, 2.45) is 5.73 Å². The fourth-order valence-corrected chi connectivity index (χ4v) is 2.59. The quantitative estimate of drug-likeness (QED) is 0.900. The minimum absolute atomic E-state index is 0.247. The first kappa shape index (κ1) is 15.3. The fourth-order valence-electron chi connectivity index (χ4n) is 2.17. The second kappa shape index (κ2) is 6.57. The van der Waals surface area contributed by atoms with Gasteiger partial charge in [0.25, 0.3) is 0 Å². The van der Waals surface area contributed by atoms with Gasteiger partial charge in [0.2, 0.25) is 11.7 Å². The van der Waals surface area contributed by atoms with Crippen LogP contribution in [0.4, 0.5) is 0 Å². The van der Waals surface area contributed by atoms with Crippen LogP contribution in [-0.4, -0.2) is 17.9 Å². The molecule has 1 aromatic carbocycles. The lowest BCUT2D eigenvalue weighted by Gasteiger charge is -2.25. The van der Waals surface area contributed by atoms with E-state index in [0.29, 0.717) is 12.3 Å². The number of nitrogens with two attached hydrogens (primary N) is 1.